The van der Waals surface area contributed by atoms with Crippen molar-refractivity contribution in [3.8, 4) is 0 Å². The predicted molar refractivity (Wildman–Crippen MR) is 427 cm³/mol. The van der Waals surface area contributed by atoms with Crippen molar-refractivity contribution in [2.45, 2.75) is 445 Å². The second kappa shape index (κ2) is 75.9. The van der Waals surface area contributed by atoms with Gasteiger partial charge in [-0.25, -0.2) is 9.13 Å². The summed E-state index contributed by atoms with van der Waals surface area (Å²) in [5.74, 6) is -0.614. The van der Waals surface area contributed by atoms with Crippen molar-refractivity contribution >= 4 is 39.5 Å². The van der Waals surface area contributed by atoms with E-state index in [1.165, 1.54) is 225 Å². The van der Waals surface area contributed by atoms with Crippen LogP contribution in [0.2, 0.25) is 0 Å². The van der Waals surface area contributed by atoms with E-state index in [1.54, 1.807) is 0 Å². The fourth-order valence-electron chi connectivity index (χ4n) is 12.7. The van der Waals surface area contributed by atoms with E-state index in [0.717, 1.165) is 121 Å². The van der Waals surface area contributed by atoms with Crippen molar-refractivity contribution in [3.63, 3.8) is 0 Å². The molecular formula is C85H162O17P2. The van der Waals surface area contributed by atoms with Crippen LogP contribution in [0, 0.1) is 11.8 Å². The van der Waals surface area contributed by atoms with Gasteiger partial charge in [-0.15, -0.1) is 0 Å². The zero-order valence-electron chi connectivity index (χ0n) is 67.8. The molecule has 614 valence electrons. The highest BCUT2D eigenvalue weighted by molar-refractivity contribution is 7.47. The van der Waals surface area contributed by atoms with Crippen LogP contribution in [0.15, 0.2) is 24.3 Å². The standard InChI is InChI=1S/C85H162O17P2/c1-7-9-11-13-15-17-19-21-23-24-25-26-27-28-30-36-40-44-52-58-64-70-84(89)101-80(73-95-82(87)67-61-55-49-42-38-34-32-31-33-37-41-47-53-59-65-77(3)4)75-99-103(91,92)97-71-79(86)72-98-104(93,94)100-76-81(74-96-83(88)68-62-56-50-46-45-48-54-60-66-78(5)6)102-85(90)69-63-57-51-43-39-35-29-22-20-18-16-14-12-10-8-2/h18,20,22,29,77-81,86H,7-17,19,21,23-28,30-76H2,1-6H3,(H,91,92)(H,93,94)/b20-18-,29-22-/t79-,80-,81-/m1/s1. The number of unbranched alkanes of at least 4 members (excludes halogenated alkanes) is 49. The first-order valence-electron chi connectivity index (χ1n) is 43.3. The Bertz CT molecular complexity index is 2090. The van der Waals surface area contributed by atoms with Crippen LogP contribution < -0.4 is 0 Å². The number of hydrogen-bond donors (Lipinski definition) is 3. The number of hydrogen-bond acceptors (Lipinski definition) is 15. The van der Waals surface area contributed by atoms with Gasteiger partial charge in [-0.3, -0.25) is 37.3 Å². The van der Waals surface area contributed by atoms with Crippen LogP contribution in [0.3, 0.4) is 0 Å². The second-order valence-corrected chi connectivity index (χ2v) is 33.7. The number of esters is 4. The van der Waals surface area contributed by atoms with Gasteiger partial charge in [0.1, 0.15) is 19.3 Å². The van der Waals surface area contributed by atoms with Gasteiger partial charge in [-0.05, 0) is 63.2 Å². The highest BCUT2D eigenvalue weighted by atomic mass is 31.2. The third-order valence-corrected chi connectivity index (χ3v) is 21.2. The molecular weight excluding hydrogens is 1350 g/mol. The summed E-state index contributed by atoms with van der Waals surface area (Å²) in [4.78, 5) is 73.1. The molecule has 0 heterocycles. The fraction of sp³-hybridized carbons (Fsp3) is 0.906. The quantitative estimate of drug-likeness (QED) is 0.0169. The maximum atomic E-state index is 13.1. The van der Waals surface area contributed by atoms with E-state index in [1.807, 2.05) is 0 Å². The van der Waals surface area contributed by atoms with Gasteiger partial charge in [0.2, 0.25) is 0 Å². The largest absolute Gasteiger partial charge is 0.472 e. The van der Waals surface area contributed by atoms with Gasteiger partial charge in [0.25, 0.3) is 0 Å². The normalized spacial score (nSPS) is 14.0. The lowest BCUT2D eigenvalue weighted by molar-refractivity contribution is -0.161. The Kier molecular flexibility index (Phi) is 74.1. The molecule has 0 bridgehead atoms. The minimum atomic E-state index is -4.97. The number of allylic oxidation sites excluding steroid dienone is 4. The molecule has 0 aliphatic heterocycles. The summed E-state index contributed by atoms with van der Waals surface area (Å²) in [6.45, 7) is 9.58. The summed E-state index contributed by atoms with van der Waals surface area (Å²) in [5, 5.41) is 10.7. The number of ether oxygens (including phenoxy) is 4. The summed E-state index contributed by atoms with van der Waals surface area (Å²) >= 11 is 0. The highest BCUT2D eigenvalue weighted by Gasteiger charge is 2.30. The first kappa shape index (κ1) is 102. The minimum Gasteiger partial charge on any atom is -0.462 e. The van der Waals surface area contributed by atoms with Crippen LogP contribution >= 0.6 is 15.6 Å². The third-order valence-electron chi connectivity index (χ3n) is 19.3. The topological polar surface area (TPSA) is 237 Å². The average Bonchev–Trinajstić information content (AvgIpc) is 0.909. The Hall–Kier alpha value is -2.46. The van der Waals surface area contributed by atoms with E-state index in [-0.39, 0.29) is 25.7 Å². The number of phosphoric acid groups is 2. The van der Waals surface area contributed by atoms with Gasteiger partial charge in [0, 0.05) is 25.7 Å². The molecule has 0 aromatic heterocycles. The van der Waals surface area contributed by atoms with Gasteiger partial charge in [-0.1, -0.05) is 374 Å². The molecule has 5 atom stereocenters. The minimum absolute atomic E-state index is 0.0847. The van der Waals surface area contributed by atoms with E-state index in [9.17, 15) is 43.2 Å². The zero-order valence-corrected chi connectivity index (χ0v) is 69.6. The molecule has 0 radical (unpaired) electrons. The summed E-state index contributed by atoms with van der Waals surface area (Å²) < 4.78 is 68.8. The van der Waals surface area contributed by atoms with Crippen molar-refractivity contribution < 1.29 is 80.2 Å². The number of aliphatic hydroxyl groups is 1. The Morgan fingerprint density at radius 3 is 0.788 bits per heavy atom. The lowest BCUT2D eigenvalue weighted by Crippen LogP contribution is -2.30. The fourth-order valence-corrected chi connectivity index (χ4v) is 14.3. The van der Waals surface area contributed by atoms with E-state index < -0.39 is 97.5 Å². The molecule has 0 spiro atoms. The van der Waals surface area contributed by atoms with Gasteiger partial charge in [0.05, 0.1) is 26.4 Å². The average molecular weight is 1520 g/mol. The molecule has 19 heteroatoms. The Balaban J connectivity index is 5.27. The summed E-state index contributed by atoms with van der Waals surface area (Å²) in [5.41, 5.74) is 0. The van der Waals surface area contributed by atoms with Crippen LogP contribution in [0.25, 0.3) is 0 Å². The molecule has 0 aliphatic rings. The molecule has 0 amide bonds. The van der Waals surface area contributed by atoms with E-state index in [2.05, 4.69) is 65.8 Å². The first-order valence-corrected chi connectivity index (χ1v) is 46.3. The molecule has 0 aromatic rings. The third kappa shape index (κ3) is 77.7. The van der Waals surface area contributed by atoms with Gasteiger partial charge >= 0.3 is 39.5 Å². The van der Waals surface area contributed by atoms with Gasteiger partial charge in [0.15, 0.2) is 12.2 Å². The van der Waals surface area contributed by atoms with Crippen molar-refractivity contribution in [2.75, 3.05) is 39.6 Å². The molecule has 0 saturated carbocycles. The molecule has 3 N–H and O–H groups in total. The zero-order chi connectivity index (χ0) is 76.4. The van der Waals surface area contributed by atoms with Crippen LogP contribution in [-0.2, 0) is 65.4 Å². The number of phosphoric ester groups is 2. The van der Waals surface area contributed by atoms with Gasteiger partial charge in [-0.2, -0.15) is 0 Å². The van der Waals surface area contributed by atoms with E-state index in [4.69, 9.17) is 37.0 Å². The number of rotatable bonds is 82. The molecule has 0 aromatic carbocycles. The molecule has 0 aliphatic carbocycles. The van der Waals surface area contributed by atoms with Crippen molar-refractivity contribution in [1.29, 1.82) is 0 Å². The molecule has 17 nitrogen and oxygen atoms in total. The van der Waals surface area contributed by atoms with Crippen molar-refractivity contribution in [1.82, 2.24) is 0 Å². The second-order valence-electron chi connectivity index (χ2n) is 30.8. The SMILES string of the molecule is CCCCCC/C=C\C=C/CCCCCCCC(=O)O[C@H](COC(=O)CCCCCCCCCCC(C)C)COP(=O)(O)OC[C@H](O)COP(=O)(O)OC[C@@H](COC(=O)CCCCCCCCCCCCCCCCC(C)C)OC(=O)CCCCCCCCCCCCCCCCCCCCCCC. The molecule has 0 saturated heterocycles. The van der Waals surface area contributed by atoms with Crippen LogP contribution in [-0.4, -0.2) is 96.7 Å². The van der Waals surface area contributed by atoms with Crippen LogP contribution in [0.1, 0.15) is 427 Å². The number of carbonyl (C=O) groups is 4. The van der Waals surface area contributed by atoms with E-state index in [0.29, 0.717) is 25.7 Å². The lowest BCUT2D eigenvalue weighted by Gasteiger charge is -2.21. The highest BCUT2D eigenvalue weighted by Crippen LogP contribution is 2.45. The summed E-state index contributed by atoms with van der Waals surface area (Å²) in [6, 6.07) is 0. The number of carbonyl (C=O) groups excluding carboxylic acids is 4. The van der Waals surface area contributed by atoms with Crippen molar-refractivity contribution in [2.24, 2.45) is 11.8 Å². The monoisotopic (exact) mass is 1520 g/mol. The van der Waals surface area contributed by atoms with Gasteiger partial charge < -0.3 is 33.8 Å². The van der Waals surface area contributed by atoms with Crippen molar-refractivity contribution in [3.05, 3.63) is 24.3 Å². The maximum Gasteiger partial charge on any atom is 0.472 e. The molecule has 104 heavy (non-hydrogen) atoms. The summed E-state index contributed by atoms with van der Waals surface area (Å²) in [6.07, 6.45) is 70.3. The van der Waals surface area contributed by atoms with Crippen LogP contribution in [0.4, 0.5) is 0 Å². The maximum absolute atomic E-state index is 13.1. The van der Waals surface area contributed by atoms with E-state index >= 15 is 0 Å². The lowest BCUT2D eigenvalue weighted by atomic mass is 10.0. The predicted octanol–water partition coefficient (Wildman–Crippen LogP) is 25.4. The molecule has 2 unspecified atom stereocenters. The first-order chi connectivity index (χ1) is 50.4. The Morgan fingerprint density at radius 1 is 0.298 bits per heavy atom. The molecule has 0 rings (SSSR count). The Morgan fingerprint density at radius 2 is 0.519 bits per heavy atom. The smallest absolute Gasteiger partial charge is 0.462 e. The van der Waals surface area contributed by atoms with Crippen LogP contribution in [0.5, 0.6) is 0 Å². The summed E-state index contributed by atoms with van der Waals surface area (Å²) in [7, 11) is -9.94. The Labute approximate surface area is 637 Å². The number of aliphatic hydroxyl groups excluding tert-OH is 1. The molecule has 0 fully saturated rings.